The van der Waals surface area contributed by atoms with Crippen molar-refractivity contribution in [1.29, 1.82) is 0 Å². The number of rotatable bonds is 4. The minimum absolute atomic E-state index is 0.166. The Hall–Kier alpha value is -3.12. The maximum Gasteiger partial charge on any atom is 0.410 e. The lowest BCUT2D eigenvalue weighted by molar-refractivity contribution is 0.0913. The van der Waals surface area contributed by atoms with Gasteiger partial charge in [0.15, 0.2) is 0 Å². The quantitative estimate of drug-likeness (QED) is 0.596. The first-order valence-corrected chi connectivity index (χ1v) is 10.2. The van der Waals surface area contributed by atoms with E-state index in [2.05, 4.69) is 4.98 Å². The summed E-state index contributed by atoms with van der Waals surface area (Å²) in [5, 5.41) is 0.166. The molecule has 0 spiro atoms. The van der Waals surface area contributed by atoms with E-state index in [-0.39, 0.29) is 24.0 Å². The van der Waals surface area contributed by atoms with Crippen LogP contribution in [-0.2, 0) is 30.9 Å². The maximum absolute atomic E-state index is 13.1. The van der Waals surface area contributed by atoms with Crippen molar-refractivity contribution in [2.45, 2.75) is 33.0 Å². The topological polar surface area (TPSA) is 64.4 Å². The summed E-state index contributed by atoms with van der Waals surface area (Å²) in [6.07, 6.45) is 0.0276. The van der Waals surface area contributed by atoms with Crippen molar-refractivity contribution in [2.24, 2.45) is 0 Å². The molecule has 0 radical (unpaired) electrons. The van der Waals surface area contributed by atoms with Crippen LogP contribution >= 0.6 is 11.6 Å². The van der Waals surface area contributed by atoms with Crippen LogP contribution in [0.5, 0.6) is 0 Å². The molecule has 2 aromatic carbocycles. The van der Waals surface area contributed by atoms with Gasteiger partial charge in [-0.2, -0.15) is 0 Å². The number of aryl methyl sites for hydroxylation is 1. The maximum atomic E-state index is 13.1. The minimum Gasteiger partial charge on any atom is -0.445 e. The van der Waals surface area contributed by atoms with Crippen molar-refractivity contribution >= 4 is 17.7 Å². The van der Waals surface area contributed by atoms with Gasteiger partial charge in [-0.25, -0.2) is 9.78 Å². The van der Waals surface area contributed by atoms with Crippen molar-refractivity contribution in [3.63, 3.8) is 0 Å². The van der Waals surface area contributed by atoms with E-state index in [1.165, 1.54) is 4.57 Å². The highest BCUT2D eigenvalue weighted by atomic mass is 35.5. The van der Waals surface area contributed by atoms with Crippen LogP contribution < -0.4 is 5.56 Å². The third kappa shape index (κ3) is 4.39. The highest BCUT2D eigenvalue weighted by Crippen LogP contribution is 2.18. The number of hydrogen-bond acceptors (Lipinski definition) is 4. The fourth-order valence-electron chi connectivity index (χ4n) is 3.47. The van der Waals surface area contributed by atoms with E-state index < -0.39 is 6.09 Å². The van der Waals surface area contributed by atoms with Crippen LogP contribution in [-0.4, -0.2) is 27.1 Å². The Morgan fingerprint density at radius 1 is 1.10 bits per heavy atom. The summed E-state index contributed by atoms with van der Waals surface area (Å²) in [4.78, 5) is 31.6. The molecule has 154 valence electrons. The molecule has 7 heteroatoms. The van der Waals surface area contributed by atoms with Crippen molar-refractivity contribution in [3.05, 3.63) is 98.2 Å². The number of nitrogens with zero attached hydrogens (tertiary/aromatic N) is 3. The summed E-state index contributed by atoms with van der Waals surface area (Å²) in [7, 11) is 0. The molecule has 0 N–H and O–H groups in total. The van der Waals surface area contributed by atoms with Crippen LogP contribution in [0.25, 0.3) is 0 Å². The minimum atomic E-state index is -0.441. The Morgan fingerprint density at radius 3 is 2.57 bits per heavy atom. The molecule has 0 fully saturated rings. The molecule has 0 saturated heterocycles. The molecule has 4 rings (SSSR count). The molecule has 0 unspecified atom stereocenters. The second-order valence-corrected chi connectivity index (χ2v) is 7.73. The molecule has 3 aromatic rings. The smallest absolute Gasteiger partial charge is 0.410 e. The number of carbonyl (C=O) groups is 1. The molecule has 0 aliphatic carbocycles. The molecule has 0 atom stereocenters. The summed E-state index contributed by atoms with van der Waals surface area (Å²) >= 11 is 6.31. The van der Waals surface area contributed by atoms with E-state index in [1.54, 1.807) is 4.90 Å². The number of fused-ring (bicyclic) bond motifs is 1. The Balaban J connectivity index is 1.51. The normalized spacial score (nSPS) is 13.1. The van der Waals surface area contributed by atoms with Gasteiger partial charge in [0.2, 0.25) is 5.28 Å². The highest BCUT2D eigenvalue weighted by Gasteiger charge is 2.27. The van der Waals surface area contributed by atoms with Gasteiger partial charge in [-0.05, 0) is 29.7 Å². The van der Waals surface area contributed by atoms with E-state index in [1.807, 2.05) is 61.5 Å². The number of hydrogen-bond donors (Lipinski definition) is 0. The lowest BCUT2D eigenvalue weighted by Gasteiger charge is -2.27. The van der Waals surface area contributed by atoms with E-state index in [9.17, 15) is 9.59 Å². The van der Waals surface area contributed by atoms with Gasteiger partial charge in [0.25, 0.3) is 5.56 Å². The highest BCUT2D eigenvalue weighted by molar-refractivity contribution is 6.28. The predicted molar refractivity (Wildman–Crippen MR) is 115 cm³/mol. The van der Waals surface area contributed by atoms with E-state index in [0.29, 0.717) is 30.8 Å². The Morgan fingerprint density at radius 2 is 1.83 bits per heavy atom. The zero-order chi connectivity index (χ0) is 21.1. The standard InChI is InChI=1S/C23H22ClN3O3/c1-16-7-9-17(10-8-16)13-27-21(28)19-14-26(12-11-20(19)25-22(27)24)23(29)30-15-18-5-3-2-4-6-18/h2-10H,11-15H2,1H3. The number of amides is 1. The van der Waals surface area contributed by atoms with Crippen LogP contribution in [0.4, 0.5) is 4.79 Å². The van der Waals surface area contributed by atoms with E-state index in [0.717, 1.165) is 16.7 Å². The first-order chi connectivity index (χ1) is 14.5. The second-order valence-electron chi connectivity index (χ2n) is 7.39. The zero-order valence-corrected chi connectivity index (χ0v) is 17.4. The first-order valence-electron chi connectivity index (χ1n) is 9.80. The lowest BCUT2D eigenvalue weighted by atomic mass is 10.1. The van der Waals surface area contributed by atoms with Gasteiger partial charge in [0, 0.05) is 13.0 Å². The molecule has 0 bridgehead atoms. The van der Waals surface area contributed by atoms with Gasteiger partial charge in [0.05, 0.1) is 24.3 Å². The van der Waals surface area contributed by atoms with Gasteiger partial charge in [-0.3, -0.25) is 9.36 Å². The van der Waals surface area contributed by atoms with Crippen LogP contribution in [0, 0.1) is 6.92 Å². The Bertz CT molecular complexity index is 1110. The van der Waals surface area contributed by atoms with Crippen molar-refractivity contribution in [2.75, 3.05) is 6.54 Å². The molecule has 1 aliphatic heterocycles. The van der Waals surface area contributed by atoms with Crippen LogP contribution in [0.2, 0.25) is 5.28 Å². The third-order valence-corrected chi connectivity index (χ3v) is 5.48. The number of carbonyl (C=O) groups excluding carboxylic acids is 1. The molecule has 1 aromatic heterocycles. The summed E-state index contributed by atoms with van der Waals surface area (Å²) in [6.45, 7) is 3.14. The molecule has 2 heterocycles. The van der Waals surface area contributed by atoms with Gasteiger partial charge >= 0.3 is 6.09 Å². The van der Waals surface area contributed by atoms with Crippen LogP contribution in [0.15, 0.2) is 59.4 Å². The molecule has 1 amide bonds. The van der Waals surface area contributed by atoms with Crippen LogP contribution in [0.1, 0.15) is 27.9 Å². The monoisotopic (exact) mass is 423 g/mol. The molecule has 6 nitrogen and oxygen atoms in total. The SMILES string of the molecule is Cc1ccc(Cn2c(Cl)nc3c(c2=O)CN(C(=O)OCc2ccccc2)CC3)cc1. The number of halogens is 1. The number of ether oxygens (including phenoxy) is 1. The van der Waals surface area contributed by atoms with Crippen molar-refractivity contribution in [1.82, 2.24) is 14.5 Å². The third-order valence-electron chi connectivity index (χ3n) is 5.19. The molecular weight excluding hydrogens is 402 g/mol. The molecular formula is C23H22ClN3O3. The summed E-state index contributed by atoms with van der Waals surface area (Å²) in [6, 6.07) is 17.4. The molecule has 30 heavy (non-hydrogen) atoms. The Kier molecular flexibility index (Phi) is 5.86. The molecule has 1 aliphatic rings. The average molecular weight is 424 g/mol. The van der Waals surface area contributed by atoms with Crippen molar-refractivity contribution < 1.29 is 9.53 Å². The fourth-order valence-corrected chi connectivity index (χ4v) is 3.70. The van der Waals surface area contributed by atoms with Gasteiger partial charge < -0.3 is 9.64 Å². The number of benzene rings is 2. The van der Waals surface area contributed by atoms with E-state index in [4.69, 9.17) is 16.3 Å². The van der Waals surface area contributed by atoms with Crippen LogP contribution in [0.3, 0.4) is 0 Å². The van der Waals surface area contributed by atoms with E-state index >= 15 is 0 Å². The largest absolute Gasteiger partial charge is 0.445 e. The van der Waals surface area contributed by atoms with Crippen molar-refractivity contribution in [3.8, 4) is 0 Å². The Labute approximate surface area is 179 Å². The first kappa shape index (κ1) is 20.2. The fraction of sp³-hybridized carbons (Fsp3) is 0.261. The summed E-state index contributed by atoms with van der Waals surface area (Å²) in [5.41, 5.74) is 3.95. The summed E-state index contributed by atoms with van der Waals surface area (Å²) in [5.74, 6) is 0. The predicted octanol–water partition coefficient (Wildman–Crippen LogP) is 3.95. The summed E-state index contributed by atoms with van der Waals surface area (Å²) < 4.78 is 6.86. The van der Waals surface area contributed by atoms with Gasteiger partial charge in [-0.1, -0.05) is 60.2 Å². The zero-order valence-electron chi connectivity index (χ0n) is 16.7. The average Bonchev–Trinajstić information content (AvgIpc) is 2.77. The van der Waals surface area contributed by atoms with Gasteiger partial charge in [0.1, 0.15) is 6.61 Å². The number of aromatic nitrogens is 2. The van der Waals surface area contributed by atoms with Gasteiger partial charge in [-0.15, -0.1) is 0 Å². The second kappa shape index (κ2) is 8.71. The molecule has 0 saturated carbocycles. The lowest BCUT2D eigenvalue weighted by Crippen LogP contribution is -2.41.